The minimum atomic E-state index is 0.456. The molecule has 1 saturated heterocycles. The fourth-order valence-electron chi connectivity index (χ4n) is 3.11. The summed E-state index contributed by atoms with van der Waals surface area (Å²) in [7, 11) is 2.29. The van der Waals surface area contributed by atoms with Crippen LogP contribution in [0.1, 0.15) is 31.9 Å². The van der Waals surface area contributed by atoms with Crippen molar-refractivity contribution < 1.29 is 0 Å². The molecule has 0 spiro atoms. The molecule has 0 radical (unpaired) electrons. The molecule has 20 heavy (non-hydrogen) atoms. The van der Waals surface area contributed by atoms with Crippen molar-refractivity contribution in [3.8, 4) is 0 Å². The molecular weight excluding hydrogens is 264 g/mol. The maximum atomic E-state index is 3.66. The van der Waals surface area contributed by atoms with Crippen molar-refractivity contribution in [1.29, 1.82) is 0 Å². The molecule has 1 fully saturated rings. The summed E-state index contributed by atoms with van der Waals surface area (Å²) < 4.78 is 0. The van der Waals surface area contributed by atoms with Gasteiger partial charge in [-0.3, -0.25) is 0 Å². The summed E-state index contributed by atoms with van der Waals surface area (Å²) in [6.07, 6.45) is 1.35. The van der Waals surface area contributed by atoms with Crippen molar-refractivity contribution >= 4 is 11.8 Å². The van der Waals surface area contributed by atoms with Crippen molar-refractivity contribution in [2.24, 2.45) is 5.92 Å². The van der Waals surface area contributed by atoms with Gasteiger partial charge in [0.2, 0.25) is 0 Å². The Bertz CT molecular complexity index is 376. The van der Waals surface area contributed by atoms with Crippen molar-refractivity contribution in [3.05, 3.63) is 35.9 Å². The molecule has 1 N–H and O–H groups in total. The van der Waals surface area contributed by atoms with Gasteiger partial charge in [-0.2, -0.15) is 11.8 Å². The molecule has 112 valence electrons. The molecule has 1 aromatic rings. The Hall–Kier alpha value is -0.510. The Balaban J connectivity index is 1.97. The van der Waals surface area contributed by atoms with Crippen molar-refractivity contribution in [3.63, 3.8) is 0 Å². The van der Waals surface area contributed by atoms with Gasteiger partial charge in [0.05, 0.1) is 0 Å². The second kappa shape index (κ2) is 8.06. The van der Waals surface area contributed by atoms with Crippen LogP contribution in [0, 0.1) is 5.92 Å². The molecule has 1 aliphatic rings. The molecule has 1 aliphatic heterocycles. The molecule has 0 bridgehead atoms. The Morgan fingerprint density at radius 3 is 2.70 bits per heavy atom. The van der Waals surface area contributed by atoms with Gasteiger partial charge in [-0.25, -0.2) is 0 Å². The molecule has 0 amide bonds. The summed E-state index contributed by atoms with van der Waals surface area (Å²) in [5, 5.41) is 3.66. The number of hydrogen-bond donors (Lipinski definition) is 1. The van der Waals surface area contributed by atoms with Crippen LogP contribution in [-0.4, -0.2) is 42.6 Å². The van der Waals surface area contributed by atoms with Crippen LogP contribution >= 0.6 is 11.8 Å². The third-order valence-corrected chi connectivity index (χ3v) is 5.40. The predicted molar refractivity (Wildman–Crippen MR) is 90.4 cm³/mol. The first-order chi connectivity index (χ1) is 9.72. The van der Waals surface area contributed by atoms with Gasteiger partial charge in [-0.05, 0) is 37.2 Å². The smallest absolute Gasteiger partial charge is 0.0358 e. The Morgan fingerprint density at radius 2 is 2.10 bits per heavy atom. The van der Waals surface area contributed by atoms with Crippen LogP contribution in [0.25, 0.3) is 0 Å². The van der Waals surface area contributed by atoms with Gasteiger partial charge in [0.1, 0.15) is 0 Å². The highest BCUT2D eigenvalue weighted by Crippen LogP contribution is 2.26. The van der Waals surface area contributed by atoms with E-state index in [1.165, 1.54) is 23.5 Å². The van der Waals surface area contributed by atoms with E-state index in [0.29, 0.717) is 12.0 Å². The lowest BCUT2D eigenvalue weighted by atomic mass is 9.93. The zero-order valence-electron chi connectivity index (χ0n) is 13.0. The molecular formula is C17H28N2S. The van der Waals surface area contributed by atoms with Crippen LogP contribution in [0.5, 0.6) is 0 Å². The van der Waals surface area contributed by atoms with Crippen LogP contribution in [0.4, 0.5) is 0 Å². The summed E-state index contributed by atoms with van der Waals surface area (Å²) in [6, 6.07) is 12.1. The summed E-state index contributed by atoms with van der Waals surface area (Å²) in [4.78, 5) is 2.57. The van der Waals surface area contributed by atoms with Crippen LogP contribution in [-0.2, 0) is 0 Å². The summed E-state index contributed by atoms with van der Waals surface area (Å²) in [5.41, 5.74) is 1.41. The first kappa shape index (κ1) is 15.9. The van der Waals surface area contributed by atoms with Crippen molar-refractivity contribution in [1.82, 2.24) is 10.2 Å². The molecule has 1 aromatic carbocycles. The van der Waals surface area contributed by atoms with E-state index in [1.54, 1.807) is 0 Å². The largest absolute Gasteiger partial charge is 0.310 e. The molecule has 3 unspecified atom stereocenters. The quantitative estimate of drug-likeness (QED) is 0.829. The van der Waals surface area contributed by atoms with E-state index in [9.17, 15) is 0 Å². The number of thioether (sulfide) groups is 1. The number of hydrogen-bond acceptors (Lipinski definition) is 3. The minimum absolute atomic E-state index is 0.456. The van der Waals surface area contributed by atoms with E-state index in [0.717, 1.165) is 19.1 Å². The molecule has 2 rings (SSSR count). The van der Waals surface area contributed by atoms with Gasteiger partial charge < -0.3 is 10.2 Å². The van der Waals surface area contributed by atoms with Crippen LogP contribution in [0.2, 0.25) is 0 Å². The average Bonchev–Trinajstić information content (AvgIpc) is 2.99. The highest BCUT2D eigenvalue weighted by atomic mass is 32.2. The lowest BCUT2D eigenvalue weighted by Gasteiger charge is -2.32. The van der Waals surface area contributed by atoms with Crippen molar-refractivity contribution in [2.75, 3.05) is 31.6 Å². The standard InChI is InChI=1S/C17H28N2S/c1-4-18-17(15-8-6-5-7-9-15)14(2)12-19(3)16-10-11-20-13-16/h5-9,14,16-18H,4,10-13H2,1-3H3. The summed E-state index contributed by atoms with van der Waals surface area (Å²) in [6.45, 7) is 6.75. The average molecular weight is 292 g/mol. The lowest BCUT2D eigenvalue weighted by molar-refractivity contribution is 0.204. The second-order valence-corrected chi connectivity index (χ2v) is 7.03. The maximum absolute atomic E-state index is 3.66. The van der Waals surface area contributed by atoms with Gasteiger partial charge in [0.15, 0.2) is 0 Å². The summed E-state index contributed by atoms with van der Waals surface area (Å²) >= 11 is 2.10. The third kappa shape index (κ3) is 4.24. The first-order valence-corrected chi connectivity index (χ1v) is 8.94. The van der Waals surface area contributed by atoms with Crippen LogP contribution in [0.15, 0.2) is 30.3 Å². The number of nitrogens with zero attached hydrogens (tertiary/aromatic N) is 1. The van der Waals surface area contributed by atoms with Gasteiger partial charge in [-0.1, -0.05) is 44.2 Å². The molecule has 2 nitrogen and oxygen atoms in total. The normalized spacial score (nSPS) is 22.1. The summed E-state index contributed by atoms with van der Waals surface area (Å²) in [5.74, 6) is 3.26. The molecule has 1 heterocycles. The first-order valence-electron chi connectivity index (χ1n) is 7.78. The van der Waals surface area contributed by atoms with E-state index in [-0.39, 0.29) is 0 Å². The van der Waals surface area contributed by atoms with Gasteiger partial charge in [-0.15, -0.1) is 0 Å². The lowest BCUT2D eigenvalue weighted by Crippen LogP contribution is -2.39. The van der Waals surface area contributed by atoms with Gasteiger partial charge in [0, 0.05) is 24.4 Å². The Morgan fingerprint density at radius 1 is 1.35 bits per heavy atom. The van der Waals surface area contributed by atoms with E-state index in [4.69, 9.17) is 0 Å². The molecule has 3 atom stereocenters. The fourth-order valence-corrected chi connectivity index (χ4v) is 4.40. The molecule has 0 aliphatic carbocycles. The van der Waals surface area contributed by atoms with Crippen LogP contribution in [0.3, 0.4) is 0 Å². The van der Waals surface area contributed by atoms with E-state index < -0.39 is 0 Å². The van der Waals surface area contributed by atoms with E-state index in [1.807, 2.05) is 0 Å². The predicted octanol–water partition coefficient (Wildman–Crippen LogP) is 3.41. The Labute approximate surface area is 128 Å². The number of rotatable bonds is 7. The fraction of sp³-hybridized carbons (Fsp3) is 0.647. The second-order valence-electron chi connectivity index (χ2n) is 5.88. The van der Waals surface area contributed by atoms with Crippen molar-refractivity contribution in [2.45, 2.75) is 32.4 Å². The Kier molecular flexibility index (Phi) is 6.40. The minimum Gasteiger partial charge on any atom is -0.310 e. The SMILES string of the molecule is CCNC(c1ccccc1)C(C)CN(C)C1CCSC1. The van der Waals surface area contributed by atoms with Crippen LogP contribution < -0.4 is 5.32 Å². The third-order valence-electron chi connectivity index (χ3n) is 4.26. The molecule has 0 saturated carbocycles. The zero-order valence-corrected chi connectivity index (χ0v) is 13.8. The number of benzene rings is 1. The zero-order chi connectivity index (χ0) is 14.4. The van der Waals surface area contributed by atoms with Gasteiger partial charge in [0.25, 0.3) is 0 Å². The molecule has 0 aromatic heterocycles. The highest BCUT2D eigenvalue weighted by Gasteiger charge is 2.25. The molecule has 3 heteroatoms. The maximum Gasteiger partial charge on any atom is 0.0358 e. The monoisotopic (exact) mass is 292 g/mol. The van der Waals surface area contributed by atoms with E-state index >= 15 is 0 Å². The topological polar surface area (TPSA) is 15.3 Å². The highest BCUT2D eigenvalue weighted by molar-refractivity contribution is 7.99. The van der Waals surface area contributed by atoms with E-state index in [2.05, 4.69) is 73.2 Å². The van der Waals surface area contributed by atoms with Gasteiger partial charge >= 0.3 is 0 Å². The number of nitrogens with one attached hydrogen (secondary N) is 1.